The van der Waals surface area contributed by atoms with Crippen molar-refractivity contribution >= 4 is 22.8 Å². The first kappa shape index (κ1) is 14.9. The van der Waals surface area contributed by atoms with Crippen molar-refractivity contribution in [2.75, 3.05) is 24.6 Å². The molecule has 0 aromatic rings. The van der Waals surface area contributed by atoms with Crippen LogP contribution in [0.25, 0.3) is 0 Å². The summed E-state index contributed by atoms with van der Waals surface area (Å²) in [6.07, 6.45) is 2.12. The molecule has 0 aromatic heterocycles. The van der Waals surface area contributed by atoms with Crippen LogP contribution in [0.2, 0.25) is 0 Å². The second-order valence-corrected chi connectivity index (χ2v) is 6.35. The molecule has 104 valence electrons. The van der Waals surface area contributed by atoms with Crippen molar-refractivity contribution in [3.05, 3.63) is 0 Å². The monoisotopic (exact) mass is 276 g/mol. The molecule has 7 heteroatoms. The van der Waals surface area contributed by atoms with Crippen LogP contribution in [-0.4, -0.2) is 45.9 Å². The van der Waals surface area contributed by atoms with Crippen molar-refractivity contribution in [1.82, 2.24) is 10.6 Å². The lowest BCUT2D eigenvalue weighted by atomic mass is 9.69. The lowest BCUT2D eigenvalue weighted by Gasteiger charge is -2.37. The van der Waals surface area contributed by atoms with Gasteiger partial charge in [-0.25, -0.2) is 4.79 Å². The number of urea groups is 1. The first-order chi connectivity index (χ1) is 8.50. The summed E-state index contributed by atoms with van der Waals surface area (Å²) in [4.78, 5) is 22.5. The van der Waals surface area contributed by atoms with Gasteiger partial charge in [0.05, 0.1) is 5.41 Å². The van der Waals surface area contributed by atoms with Gasteiger partial charge < -0.3 is 15.7 Å². The molecule has 0 bridgehead atoms. The smallest absolute Gasteiger partial charge is 0.314 e. The van der Waals surface area contributed by atoms with Crippen LogP contribution in [0.4, 0.5) is 4.79 Å². The highest BCUT2D eigenvalue weighted by atomic mass is 32.2. The number of rotatable bonds is 7. The summed E-state index contributed by atoms with van der Waals surface area (Å²) in [5, 5.41) is 14.2. The Morgan fingerprint density at radius 3 is 2.44 bits per heavy atom. The van der Waals surface area contributed by atoms with Gasteiger partial charge in [-0.15, -0.1) is 0 Å². The van der Waals surface area contributed by atoms with E-state index in [2.05, 4.69) is 10.6 Å². The Labute approximate surface area is 109 Å². The van der Waals surface area contributed by atoms with Gasteiger partial charge in [0.25, 0.3) is 0 Å². The lowest BCUT2D eigenvalue weighted by Crippen LogP contribution is -2.50. The van der Waals surface area contributed by atoms with Gasteiger partial charge in [0, 0.05) is 35.4 Å². The van der Waals surface area contributed by atoms with Gasteiger partial charge in [-0.3, -0.25) is 9.00 Å². The van der Waals surface area contributed by atoms with E-state index in [4.69, 9.17) is 5.11 Å². The Morgan fingerprint density at radius 2 is 2.00 bits per heavy atom. The van der Waals surface area contributed by atoms with Gasteiger partial charge >= 0.3 is 12.0 Å². The van der Waals surface area contributed by atoms with E-state index < -0.39 is 28.2 Å². The fourth-order valence-corrected chi connectivity index (χ4v) is 2.42. The first-order valence-corrected chi connectivity index (χ1v) is 7.59. The maximum absolute atomic E-state index is 11.4. The highest BCUT2D eigenvalue weighted by Crippen LogP contribution is 2.40. The van der Waals surface area contributed by atoms with Gasteiger partial charge in [0.2, 0.25) is 0 Å². The standard InChI is InChI=1S/C11H20N2O4S/c1-2-18(17)7-6-12-10(16)13-8-11(9(14)15)4-3-5-11/h2-8H2,1H3,(H,14,15)(H2,12,13,16). The average Bonchev–Trinajstić information content (AvgIpc) is 2.26. The second-order valence-electron chi connectivity index (χ2n) is 4.48. The van der Waals surface area contributed by atoms with Crippen LogP contribution in [0.15, 0.2) is 0 Å². The normalized spacial score (nSPS) is 18.5. The third-order valence-electron chi connectivity index (χ3n) is 3.29. The molecule has 0 aliphatic heterocycles. The first-order valence-electron chi connectivity index (χ1n) is 6.10. The fourth-order valence-electron chi connectivity index (χ4n) is 1.80. The van der Waals surface area contributed by atoms with Gasteiger partial charge in [0.15, 0.2) is 0 Å². The second kappa shape index (κ2) is 6.72. The Morgan fingerprint density at radius 1 is 1.33 bits per heavy atom. The van der Waals surface area contributed by atoms with Crippen molar-refractivity contribution in [3.63, 3.8) is 0 Å². The Kier molecular flexibility index (Phi) is 5.58. The van der Waals surface area contributed by atoms with E-state index in [1.165, 1.54) is 0 Å². The third-order valence-corrected chi connectivity index (χ3v) is 4.59. The molecule has 18 heavy (non-hydrogen) atoms. The number of hydrogen-bond donors (Lipinski definition) is 3. The fraction of sp³-hybridized carbons (Fsp3) is 0.818. The van der Waals surface area contributed by atoms with E-state index in [1.807, 2.05) is 6.92 Å². The van der Waals surface area contributed by atoms with Gasteiger partial charge in [-0.05, 0) is 12.8 Å². The van der Waals surface area contributed by atoms with E-state index in [0.717, 1.165) is 6.42 Å². The van der Waals surface area contributed by atoms with E-state index in [1.54, 1.807) is 0 Å². The molecule has 1 aliphatic carbocycles. The minimum atomic E-state index is -0.899. The van der Waals surface area contributed by atoms with Crippen LogP contribution >= 0.6 is 0 Å². The van der Waals surface area contributed by atoms with Crippen molar-refractivity contribution in [3.8, 4) is 0 Å². The number of carboxylic acids is 1. The summed E-state index contributed by atoms with van der Waals surface area (Å²) in [5.41, 5.74) is -0.774. The minimum Gasteiger partial charge on any atom is -0.481 e. The molecule has 0 radical (unpaired) electrons. The van der Waals surface area contributed by atoms with Crippen molar-refractivity contribution < 1.29 is 18.9 Å². The lowest BCUT2D eigenvalue weighted by molar-refractivity contribution is -0.153. The van der Waals surface area contributed by atoms with Crippen LogP contribution in [0.3, 0.4) is 0 Å². The molecule has 1 fully saturated rings. The topological polar surface area (TPSA) is 95.5 Å². The Balaban J connectivity index is 2.21. The minimum absolute atomic E-state index is 0.158. The highest BCUT2D eigenvalue weighted by molar-refractivity contribution is 7.84. The molecule has 0 heterocycles. The zero-order valence-corrected chi connectivity index (χ0v) is 11.3. The van der Waals surface area contributed by atoms with Crippen molar-refractivity contribution in [2.45, 2.75) is 26.2 Å². The van der Waals surface area contributed by atoms with E-state index in [-0.39, 0.29) is 6.54 Å². The van der Waals surface area contributed by atoms with Crippen LogP contribution < -0.4 is 10.6 Å². The molecular weight excluding hydrogens is 256 g/mol. The van der Waals surface area contributed by atoms with Gasteiger partial charge in [-0.2, -0.15) is 0 Å². The molecule has 6 nitrogen and oxygen atoms in total. The molecular formula is C11H20N2O4S. The average molecular weight is 276 g/mol. The Bertz CT molecular complexity index is 342. The zero-order chi connectivity index (χ0) is 13.6. The maximum Gasteiger partial charge on any atom is 0.314 e. The van der Waals surface area contributed by atoms with E-state index in [0.29, 0.717) is 30.9 Å². The molecule has 1 rings (SSSR count). The summed E-state index contributed by atoms with van der Waals surface area (Å²) in [7, 11) is -0.899. The summed E-state index contributed by atoms with van der Waals surface area (Å²) >= 11 is 0. The summed E-state index contributed by atoms with van der Waals surface area (Å²) in [6, 6.07) is -0.393. The molecule has 1 aliphatic rings. The summed E-state index contributed by atoms with van der Waals surface area (Å²) < 4.78 is 11.1. The SMILES string of the molecule is CCS(=O)CCNC(=O)NCC1(C(=O)O)CCC1. The van der Waals surface area contributed by atoms with Crippen LogP contribution in [0, 0.1) is 5.41 Å². The number of carbonyl (C=O) groups excluding carboxylic acids is 1. The number of carboxylic acid groups (broad SMARTS) is 1. The highest BCUT2D eigenvalue weighted by Gasteiger charge is 2.44. The molecule has 0 spiro atoms. The largest absolute Gasteiger partial charge is 0.481 e. The van der Waals surface area contributed by atoms with Crippen LogP contribution in [0.1, 0.15) is 26.2 Å². The summed E-state index contributed by atoms with van der Waals surface area (Å²) in [5.74, 6) is 0.153. The predicted molar refractivity (Wildman–Crippen MR) is 68.9 cm³/mol. The third kappa shape index (κ3) is 3.97. The van der Waals surface area contributed by atoms with Crippen LogP contribution in [0.5, 0.6) is 0 Å². The Hall–Kier alpha value is -1.11. The van der Waals surface area contributed by atoms with Crippen LogP contribution in [-0.2, 0) is 15.6 Å². The number of amides is 2. The van der Waals surface area contributed by atoms with Crippen molar-refractivity contribution in [1.29, 1.82) is 0 Å². The molecule has 0 saturated heterocycles. The van der Waals surface area contributed by atoms with Crippen molar-refractivity contribution in [2.24, 2.45) is 5.41 Å². The zero-order valence-electron chi connectivity index (χ0n) is 10.5. The molecule has 2 amide bonds. The number of carbonyl (C=O) groups is 2. The molecule has 1 unspecified atom stereocenters. The molecule has 3 N–H and O–H groups in total. The summed E-state index contributed by atoms with van der Waals surface area (Å²) in [6.45, 7) is 2.32. The quantitative estimate of drug-likeness (QED) is 0.623. The van der Waals surface area contributed by atoms with Gasteiger partial charge in [0.1, 0.15) is 0 Å². The molecule has 1 saturated carbocycles. The maximum atomic E-state index is 11.4. The predicted octanol–water partition coefficient (Wildman–Crippen LogP) is 0.309. The van der Waals surface area contributed by atoms with E-state index in [9.17, 15) is 13.8 Å². The molecule has 0 aromatic carbocycles. The number of aliphatic carboxylic acids is 1. The van der Waals surface area contributed by atoms with E-state index >= 15 is 0 Å². The number of nitrogens with one attached hydrogen (secondary N) is 2. The molecule has 1 atom stereocenters. The van der Waals surface area contributed by atoms with Gasteiger partial charge in [-0.1, -0.05) is 13.3 Å². The number of hydrogen-bond acceptors (Lipinski definition) is 3.